The van der Waals surface area contributed by atoms with Gasteiger partial charge in [0, 0.05) is 16.6 Å². The Bertz CT molecular complexity index is 1000. The molecule has 1 N–H and O–H groups in total. The lowest BCUT2D eigenvalue weighted by atomic mass is 10.2. The summed E-state index contributed by atoms with van der Waals surface area (Å²) >= 11 is 6.88. The predicted octanol–water partition coefficient (Wildman–Crippen LogP) is 1.56. The lowest BCUT2D eigenvalue weighted by molar-refractivity contribution is -0.927. The van der Waals surface area contributed by atoms with Crippen LogP contribution in [0.25, 0.3) is 11.5 Å². The summed E-state index contributed by atoms with van der Waals surface area (Å²) in [6.07, 6.45) is 0.391. The van der Waals surface area contributed by atoms with Crippen LogP contribution in [-0.4, -0.2) is 51.8 Å². The van der Waals surface area contributed by atoms with E-state index in [1.165, 1.54) is 4.90 Å². The van der Waals surface area contributed by atoms with Crippen molar-refractivity contribution in [2.24, 2.45) is 0 Å². The summed E-state index contributed by atoms with van der Waals surface area (Å²) in [7, 11) is 0. The monoisotopic (exact) mass is 416 g/mol. The second-order valence-electron chi connectivity index (χ2n) is 6.89. The average Bonchev–Trinajstić information content (AvgIpc) is 3.28. The number of piperazine rings is 1. The van der Waals surface area contributed by atoms with Gasteiger partial charge in [-0.2, -0.15) is 4.68 Å². The molecule has 0 spiro atoms. The molecule has 9 heteroatoms. The van der Waals surface area contributed by atoms with Crippen LogP contribution in [-0.2, 0) is 17.9 Å². The molecule has 146 valence electrons. The molecule has 0 atom stereocenters. The van der Waals surface area contributed by atoms with E-state index in [1.807, 2.05) is 47.5 Å². The number of hydrogen-bond donors (Lipinski definition) is 1. The molecule has 28 heavy (non-hydrogen) atoms. The molecule has 1 aliphatic heterocycles. The van der Waals surface area contributed by atoms with Gasteiger partial charge in [0.1, 0.15) is 5.01 Å². The first-order chi connectivity index (χ1) is 13.6. The second-order valence-corrected chi connectivity index (χ2v) is 8.18. The molecule has 2 aromatic heterocycles. The van der Waals surface area contributed by atoms with E-state index >= 15 is 0 Å². The van der Waals surface area contributed by atoms with Gasteiger partial charge >= 0.3 is 0 Å². The summed E-state index contributed by atoms with van der Waals surface area (Å²) in [4.78, 5) is 20.5. The van der Waals surface area contributed by atoms with Crippen LogP contribution in [0, 0.1) is 11.8 Å². The minimum absolute atomic E-state index is 0.151. The molecule has 0 aliphatic carbocycles. The SMILES string of the molecule is Cc1csc(CC(=O)N2CC[NH+](Cn3nc(-c4ccccc4)oc3=S)CC2)n1. The van der Waals surface area contributed by atoms with E-state index in [-0.39, 0.29) is 5.91 Å². The smallest absolute Gasteiger partial charge is 0.292 e. The average molecular weight is 417 g/mol. The molecule has 0 radical (unpaired) electrons. The van der Waals surface area contributed by atoms with Crippen LogP contribution in [0.3, 0.4) is 0 Å². The van der Waals surface area contributed by atoms with Crippen molar-refractivity contribution in [1.82, 2.24) is 19.7 Å². The zero-order chi connectivity index (χ0) is 19.5. The lowest BCUT2D eigenvalue weighted by Crippen LogP contribution is -3.14. The maximum absolute atomic E-state index is 12.5. The number of carbonyl (C=O) groups excluding carboxylic acids is 1. The molecule has 4 rings (SSSR count). The number of benzene rings is 1. The molecule has 1 aliphatic rings. The molecule has 1 amide bonds. The minimum atomic E-state index is 0.151. The number of carbonyl (C=O) groups is 1. The van der Waals surface area contributed by atoms with Crippen LogP contribution >= 0.6 is 23.6 Å². The largest absolute Gasteiger partial charge is 0.409 e. The van der Waals surface area contributed by atoms with Crippen molar-refractivity contribution in [3.8, 4) is 11.5 Å². The summed E-state index contributed by atoms with van der Waals surface area (Å²) in [5.74, 6) is 0.690. The summed E-state index contributed by atoms with van der Waals surface area (Å²) in [6, 6.07) is 9.75. The normalized spacial score (nSPS) is 15.1. The Balaban J connectivity index is 1.33. The molecular formula is C19H22N5O2S2+. The number of nitrogens with one attached hydrogen (secondary N) is 1. The molecule has 1 aromatic carbocycles. The number of rotatable bonds is 5. The quantitative estimate of drug-likeness (QED) is 0.640. The van der Waals surface area contributed by atoms with E-state index < -0.39 is 0 Å². The molecule has 7 nitrogen and oxygen atoms in total. The van der Waals surface area contributed by atoms with Crippen molar-refractivity contribution in [3.63, 3.8) is 0 Å². The van der Waals surface area contributed by atoms with E-state index in [4.69, 9.17) is 16.6 Å². The van der Waals surface area contributed by atoms with Crippen molar-refractivity contribution in [3.05, 3.63) is 51.3 Å². The maximum Gasteiger partial charge on any atom is 0.292 e. The highest BCUT2D eigenvalue weighted by molar-refractivity contribution is 7.71. The van der Waals surface area contributed by atoms with Gasteiger partial charge in [-0.15, -0.1) is 16.4 Å². The maximum atomic E-state index is 12.5. The first-order valence-electron chi connectivity index (χ1n) is 9.24. The van der Waals surface area contributed by atoms with Gasteiger partial charge in [0.25, 0.3) is 4.84 Å². The van der Waals surface area contributed by atoms with Gasteiger partial charge in [0.05, 0.1) is 32.6 Å². The van der Waals surface area contributed by atoms with Crippen LogP contribution in [0.2, 0.25) is 0 Å². The van der Waals surface area contributed by atoms with Crippen LogP contribution in [0.15, 0.2) is 40.1 Å². The standard InChI is InChI=1S/C19H21N5O2S2/c1-14-12-28-16(20-14)11-17(25)23-9-7-22(8-10-23)13-24-19(27)26-18(21-24)15-5-3-2-4-6-15/h2-6,12H,7-11,13H2,1H3/p+1. The highest BCUT2D eigenvalue weighted by Gasteiger charge is 2.25. The third kappa shape index (κ3) is 4.37. The minimum Gasteiger partial charge on any atom is -0.409 e. The number of amides is 1. The molecule has 3 aromatic rings. The van der Waals surface area contributed by atoms with Crippen molar-refractivity contribution in [2.75, 3.05) is 26.2 Å². The van der Waals surface area contributed by atoms with Crippen LogP contribution in [0.5, 0.6) is 0 Å². The van der Waals surface area contributed by atoms with Crippen molar-refractivity contribution in [1.29, 1.82) is 0 Å². The zero-order valence-corrected chi connectivity index (χ0v) is 17.3. The molecule has 1 fully saturated rings. The molecular weight excluding hydrogens is 394 g/mol. The Hall–Kier alpha value is -2.36. The fourth-order valence-electron chi connectivity index (χ4n) is 3.27. The van der Waals surface area contributed by atoms with E-state index in [2.05, 4.69) is 10.1 Å². The van der Waals surface area contributed by atoms with E-state index in [1.54, 1.807) is 16.0 Å². The molecule has 0 unspecified atom stereocenters. The number of aromatic nitrogens is 3. The topological polar surface area (TPSA) is 68.6 Å². The van der Waals surface area contributed by atoms with Crippen molar-refractivity contribution >= 4 is 29.5 Å². The van der Waals surface area contributed by atoms with Crippen molar-refractivity contribution < 1.29 is 14.1 Å². The summed E-state index contributed by atoms with van der Waals surface area (Å²) in [5, 5.41) is 7.39. The van der Waals surface area contributed by atoms with Crippen LogP contribution in [0.4, 0.5) is 0 Å². The van der Waals surface area contributed by atoms with E-state index in [0.29, 0.717) is 23.8 Å². The Morgan fingerprint density at radius 1 is 1.29 bits per heavy atom. The highest BCUT2D eigenvalue weighted by atomic mass is 32.1. The zero-order valence-electron chi connectivity index (χ0n) is 15.6. The molecule has 0 bridgehead atoms. The number of nitrogens with zero attached hydrogens (tertiary/aromatic N) is 4. The number of aryl methyl sites for hydroxylation is 1. The fraction of sp³-hybridized carbons (Fsp3) is 0.368. The Labute approximate surface area is 172 Å². The second kappa shape index (κ2) is 8.34. The third-order valence-corrected chi connectivity index (χ3v) is 6.05. The van der Waals surface area contributed by atoms with Gasteiger partial charge in [-0.3, -0.25) is 4.79 Å². The van der Waals surface area contributed by atoms with Crippen LogP contribution in [0.1, 0.15) is 10.7 Å². The predicted molar refractivity (Wildman–Crippen MR) is 109 cm³/mol. The Morgan fingerprint density at radius 2 is 2.04 bits per heavy atom. The van der Waals surface area contributed by atoms with Gasteiger partial charge in [-0.1, -0.05) is 18.2 Å². The van der Waals surface area contributed by atoms with E-state index in [9.17, 15) is 4.79 Å². The first-order valence-corrected chi connectivity index (χ1v) is 10.5. The fourth-order valence-corrected chi connectivity index (χ4v) is 4.22. The highest BCUT2D eigenvalue weighted by Crippen LogP contribution is 2.16. The lowest BCUT2D eigenvalue weighted by Gasteiger charge is -2.31. The first kappa shape index (κ1) is 19.0. The summed E-state index contributed by atoms with van der Waals surface area (Å²) in [5.41, 5.74) is 1.89. The number of thiazole rings is 1. The van der Waals surface area contributed by atoms with Gasteiger partial charge in [-0.25, -0.2) is 4.98 Å². The third-order valence-electron chi connectivity index (χ3n) is 4.79. The van der Waals surface area contributed by atoms with Gasteiger partial charge in [0.2, 0.25) is 11.8 Å². The summed E-state index contributed by atoms with van der Waals surface area (Å²) < 4.78 is 7.39. The van der Waals surface area contributed by atoms with Gasteiger partial charge < -0.3 is 14.2 Å². The summed E-state index contributed by atoms with van der Waals surface area (Å²) in [6.45, 7) is 5.77. The van der Waals surface area contributed by atoms with E-state index in [0.717, 1.165) is 42.4 Å². The van der Waals surface area contributed by atoms with Gasteiger partial charge in [0.15, 0.2) is 6.67 Å². The van der Waals surface area contributed by atoms with Crippen LogP contribution < -0.4 is 4.90 Å². The Morgan fingerprint density at radius 3 is 2.71 bits per heavy atom. The Kier molecular flexibility index (Phi) is 5.65. The van der Waals surface area contributed by atoms with Gasteiger partial charge in [-0.05, 0) is 31.3 Å². The molecule has 3 heterocycles. The molecule has 0 saturated carbocycles. The number of hydrogen-bond acceptors (Lipinski definition) is 6. The molecule has 1 saturated heterocycles. The number of quaternary nitrogens is 1. The van der Waals surface area contributed by atoms with Crippen molar-refractivity contribution in [2.45, 2.75) is 20.0 Å².